The van der Waals surface area contributed by atoms with Crippen molar-refractivity contribution < 1.29 is 4.39 Å². The number of halogens is 2. The molecule has 1 aromatic rings. The van der Waals surface area contributed by atoms with Crippen molar-refractivity contribution in [2.24, 2.45) is 0 Å². The minimum absolute atomic E-state index is 0.199. The van der Waals surface area contributed by atoms with Gasteiger partial charge in [0.1, 0.15) is 5.82 Å². The maximum absolute atomic E-state index is 13.3. The fourth-order valence-corrected chi connectivity index (χ4v) is 2.75. The van der Waals surface area contributed by atoms with Gasteiger partial charge < -0.3 is 0 Å². The minimum Gasteiger partial charge on any atom is -0.294 e. The Morgan fingerprint density at radius 2 is 2.19 bits per heavy atom. The summed E-state index contributed by atoms with van der Waals surface area (Å²) in [5.41, 5.74) is 0.938. The van der Waals surface area contributed by atoms with Crippen LogP contribution in [0.25, 0.3) is 0 Å². The summed E-state index contributed by atoms with van der Waals surface area (Å²) >= 11 is 6.15. The molecule has 1 nitrogen and oxygen atoms in total. The number of rotatable bonds is 2. The number of benzene rings is 1. The average molecular weight is 242 g/mol. The third kappa shape index (κ3) is 2.23. The highest BCUT2D eigenvalue weighted by molar-refractivity contribution is 6.31. The van der Waals surface area contributed by atoms with E-state index in [0.29, 0.717) is 11.1 Å². The molecular weight excluding hydrogens is 225 g/mol. The maximum Gasteiger partial charge on any atom is 0.123 e. The molecule has 1 aliphatic heterocycles. The van der Waals surface area contributed by atoms with E-state index in [1.807, 2.05) is 0 Å². The Balaban J connectivity index is 2.32. The van der Waals surface area contributed by atoms with E-state index in [0.717, 1.165) is 24.9 Å². The standard InChI is InChI=1S/C13H17ClFN/c1-9(2)16-7-3-4-13(16)11-8-10(15)5-6-12(11)14/h5-6,8-9,13H,3-4,7H2,1-2H3. The first-order valence-electron chi connectivity index (χ1n) is 5.80. The third-order valence-corrected chi connectivity index (χ3v) is 3.62. The van der Waals surface area contributed by atoms with E-state index in [4.69, 9.17) is 11.6 Å². The summed E-state index contributed by atoms with van der Waals surface area (Å²) in [5, 5.41) is 0.680. The lowest BCUT2D eigenvalue weighted by atomic mass is 10.0. The smallest absolute Gasteiger partial charge is 0.123 e. The van der Waals surface area contributed by atoms with Crippen LogP contribution in [0.4, 0.5) is 4.39 Å². The summed E-state index contributed by atoms with van der Waals surface area (Å²) in [5.74, 6) is -0.199. The second-order valence-corrected chi connectivity index (χ2v) is 5.06. The molecule has 0 aromatic heterocycles. The van der Waals surface area contributed by atoms with E-state index in [-0.39, 0.29) is 11.9 Å². The van der Waals surface area contributed by atoms with Gasteiger partial charge in [0.2, 0.25) is 0 Å². The van der Waals surface area contributed by atoms with E-state index in [9.17, 15) is 4.39 Å². The van der Waals surface area contributed by atoms with Gasteiger partial charge in [-0.1, -0.05) is 11.6 Å². The molecule has 1 heterocycles. The fraction of sp³-hybridized carbons (Fsp3) is 0.538. The minimum atomic E-state index is -0.199. The Morgan fingerprint density at radius 3 is 2.88 bits per heavy atom. The number of nitrogens with zero attached hydrogens (tertiary/aromatic N) is 1. The molecule has 1 aromatic carbocycles. The fourth-order valence-electron chi connectivity index (χ4n) is 2.51. The summed E-state index contributed by atoms with van der Waals surface area (Å²) in [6.07, 6.45) is 2.23. The highest BCUT2D eigenvalue weighted by Crippen LogP contribution is 2.37. The summed E-state index contributed by atoms with van der Waals surface area (Å²) in [7, 11) is 0. The molecule has 0 bridgehead atoms. The Hall–Kier alpha value is -0.600. The summed E-state index contributed by atoms with van der Waals surface area (Å²) in [6.45, 7) is 5.42. The van der Waals surface area contributed by atoms with Crippen molar-refractivity contribution in [1.29, 1.82) is 0 Å². The van der Waals surface area contributed by atoms with Crippen LogP contribution in [0.15, 0.2) is 18.2 Å². The van der Waals surface area contributed by atoms with E-state index in [1.165, 1.54) is 6.07 Å². The van der Waals surface area contributed by atoms with Crippen LogP contribution in [0.3, 0.4) is 0 Å². The van der Waals surface area contributed by atoms with Gasteiger partial charge in [0.15, 0.2) is 0 Å². The number of hydrogen-bond acceptors (Lipinski definition) is 1. The van der Waals surface area contributed by atoms with Gasteiger partial charge in [0.25, 0.3) is 0 Å². The normalized spacial score (nSPS) is 21.9. The van der Waals surface area contributed by atoms with E-state index in [1.54, 1.807) is 12.1 Å². The second kappa shape index (κ2) is 4.72. The van der Waals surface area contributed by atoms with Crippen LogP contribution in [-0.4, -0.2) is 17.5 Å². The number of hydrogen-bond donors (Lipinski definition) is 0. The lowest BCUT2D eigenvalue weighted by molar-refractivity contribution is 0.205. The molecule has 0 N–H and O–H groups in total. The number of likely N-dealkylation sites (tertiary alicyclic amines) is 1. The second-order valence-electron chi connectivity index (χ2n) is 4.66. The van der Waals surface area contributed by atoms with E-state index >= 15 is 0 Å². The molecule has 1 atom stereocenters. The van der Waals surface area contributed by atoms with Crippen molar-refractivity contribution in [2.75, 3.05) is 6.54 Å². The van der Waals surface area contributed by atoms with Crippen molar-refractivity contribution in [2.45, 2.75) is 38.8 Å². The average Bonchev–Trinajstić information content (AvgIpc) is 2.70. The van der Waals surface area contributed by atoms with Gasteiger partial charge in [-0.05, 0) is 57.0 Å². The Kier molecular flexibility index (Phi) is 3.50. The molecule has 0 spiro atoms. The molecule has 3 heteroatoms. The van der Waals surface area contributed by atoms with E-state index < -0.39 is 0 Å². The largest absolute Gasteiger partial charge is 0.294 e. The molecule has 1 fully saturated rings. The zero-order chi connectivity index (χ0) is 11.7. The van der Waals surface area contributed by atoms with Gasteiger partial charge in [-0.2, -0.15) is 0 Å². The van der Waals surface area contributed by atoms with Crippen LogP contribution in [0.5, 0.6) is 0 Å². The predicted octanol–water partition coefficient (Wildman–Crippen LogP) is 4.02. The van der Waals surface area contributed by atoms with E-state index in [2.05, 4.69) is 18.7 Å². The zero-order valence-corrected chi connectivity index (χ0v) is 10.5. The molecule has 16 heavy (non-hydrogen) atoms. The van der Waals surface area contributed by atoms with Crippen LogP contribution in [0.1, 0.15) is 38.3 Å². The topological polar surface area (TPSA) is 3.24 Å². The van der Waals surface area contributed by atoms with Gasteiger partial charge in [0.05, 0.1) is 0 Å². The Labute approximate surface area is 101 Å². The van der Waals surface area contributed by atoms with Crippen molar-refractivity contribution in [3.63, 3.8) is 0 Å². The van der Waals surface area contributed by atoms with Gasteiger partial charge in [-0.25, -0.2) is 4.39 Å². The van der Waals surface area contributed by atoms with Crippen LogP contribution in [0, 0.1) is 5.82 Å². The molecule has 0 aliphatic carbocycles. The third-order valence-electron chi connectivity index (χ3n) is 3.27. The van der Waals surface area contributed by atoms with Crippen LogP contribution >= 0.6 is 11.6 Å². The van der Waals surface area contributed by atoms with Crippen LogP contribution in [0.2, 0.25) is 5.02 Å². The van der Waals surface area contributed by atoms with Crippen molar-refractivity contribution in [3.05, 3.63) is 34.6 Å². The Bertz CT molecular complexity index is 378. The molecular formula is C13H17ClFN. The highest BCUT2D eigenvalue weighted by Gasteiger charge is 2.29. The highest BCUT2D eigenvalue weighted by atomic mass is 35.5. The molecule has 1 aliphatic rings. The van der Waals surface area contributed by atoms with Crippen LogP contribution in [-0.2, 0) is 0 Å². The quantitative estimate of drug-likeness (QED) is 0.756. The van der Waals surface area contributed by atoms with Crippen molar-refractivity contribution >= 4 is 11.6 Å². The van der Waals surface area contributed by atoms with Gasteiger partial charge in [-0.3, -0.25) is 4.90 Å². The first kappa shape index (κ1) is 11.9. The zero-order valence-electron chi connectivity index (χ0n) is 9.71. The summed E-state index contributed by atoms with van der Waals surface area (Å²) in [4.78, 5) is 2.39. The lowest BCUT2D eigenvalue weighted by Crippen LogP contribution is -2.30. The first-order chi connectivity index (χ1) is 7.59. The predicted molar refractivity (Wildman–Crippen MR) is 65.2 cm³/mol. The Morgan fingerprint density at radius 1 is 1.44 bits per heavy atom. The maximum atomic E-state index is 13.3. The van der Waals surface area contributed by atoms with Crippen molar-refractivity contribution in [3.8, 4) is 0 Å². The van der Waals surface area contributed by atoms with Gasteiger partial charge in [-0.15, -0.1) is 0 Å². The summed E-state index contributed by atoms with van der Waals surface area (Å²) < 4.78 is 13.3. The van der Waals surface area contributed by atoms with Crippen LogP contribution < -0.4 is 0 Å². The molecule has 1 unspecified atom stereocenters. The SMILES string of the molecule is CC(C)N1CCCC1c1cc(F)ccc1Cl. The molecule has 0 radical (unpaired) electrons. The van der Waals surface area contributed by atoms with Crippen molar-refractivity contribution in [1.82, 2.24) is 4.90 Å². The first-order valence-corrected chi connectivity index (χ1v) is 6.18. The lowest BCUT2D eigenvalue weighted by Gasteiger charge is -2.29. The molecule has 0 saturated carbocycles. The van der Waals surface area contributed by atoms with Gasteiger partial charge >= 0.3 is 0 Å². The molecule has 2 rings (SSSR count). The molecule has 1 saturated heterocycles. The monoisotopic (exact) mass is 241 g/mol. The summed E-state index contributed by atoms with van der Waals surface area (Å²) in [6, 6.07) is 5.41. The molecule has 0 amide bonds. The molecule has 88 valence electrons. The van der Waals surface area contributed by atoms with Gasteiger partial charge in [0, 0.05) is 17.1 Å².